The lowest BCUT2D eigenvalue weighted by atomic mass is 10.0. The fourth-order valence-corrected chi connectivity index (χ4v) is 3.95. The molecule has 2 amide bonds. The summed E-state index contributed by atoms with van der Waals surface area (Å²) >= 11 is 12.3. The van der Waals surface area contributed by atoms with Crippen molar-refractivity contribution in [3.63, 3.8) is 0 Å². The fourth-order valence-electron chi connectivity index (χ4n) is 3.63. The Morgan fingerprint density at radius 2 is 1.64 bits per heavy atom. The first-order valence-electron chi connectivity index (χ1n) is 11.8. The van der Waals surface area contributed by atoms with Gasteiger partial charge in [-0.1, -0.05) is 77.8 Å². The minimum atomic E-state index is -0.865. The molecule has 0 saturated carbocycles. The van der Waals surface area contributed by atoms with Gasteiger partial charge in [0.15, 0.2) is 6.61 Å². The highest BCUT2D eigenvalue weighted by Gasteiger charge is 2.31. The highest BCUT2D eigenvalue weighted by Crippen LogP contribution is 2.26. The van der Waals surface area contributed by atoms with Crippen LogP contribution in [0.2, 0.25) is 10.0 Å². The average Bonchev–Trinajstić information content (AvgIpc) is 2.89. The van der Waals surface area contributed by atoms with E-state index in [2.05, 4.69) is 5.32 Å². The number of carbonyl (C=O) groups is 2. The van der Waals surface area contributed by atoms with E-state index in [-0.39, 0.29) is 25.0 Å². The molecule has 3 rings (SSSR count). The summed E-state index contributed by atoms with van der Waals surface area (Å²) in [7, 11) is 0. The number of hydrogen-bond donors (Lipinski definition) is 1. The Bertz CT molecular complexity index is 1110. The van der Waals surface area contributed by atoms with Crippen molar-refractivity contribution in [3.05, 3.63) is 100 Å². The van der Waals surface area contributed by atoms with Gasteiger partial charge in [0.05, 0.1) is 5.02 Å². The first-order chi connectivity index (χ1) is 17.5. The van der Waals surface area contributed by atoms with Crippen LogP contribution in [0.25, 0.3) is 0 Å². The van der Waals surface area contributed by atoms with Crippen LogP contribution in [0.3, 0.4) is 0 Å². The number of halogens is 2. The smallest absolute Gasteiger partial charge is 0.261 e. The minimum Gasteiger partial charge on any atom is -0.482 e. The molecule has 190 valence electrons. The number of para-hydroxylation sites is 1. The molecule has 1 unspecified atom stereocenters. The van der Waals surface area contributed by atoms with E-state index in [4.69, 9.17) is 32.7 Å². The third-order valence-corrected chi connectivity index (χ3v) is 5.98. The van der Waals surface area contributed by atoms with Gasteiger partial charge in [-0.25, -0.2) is 0 Å². The summed E-state index contributed by atoms with van der Waals surface area (Å²) in [5, 5.41) is 3.95. The molecule has 0 aliphatic heterocycles. The van der Waals surface area contributed by atoms with Gasteiger partial charge in [0.25, 0.3) is 5.91 Å². The first-order valence-corrected chi connectivity index (χ1v) is 12.6. The molecule has 1 N–H and O–H groups in total. The van der Waals surface area contributed by atoms with E-state index >= 15 is 0 Å². The Morgan fingerprint density at radius 1 is 0.944 bits per heavy atom. The number of ether oxygens (including phenoxy) is 2. The standard InChI is InChI=1S/C28H30Cl2N2O4/c1-2-35-18-8-17-31-28(34)27(22-9-4-3-5-10-22)32(19-21-13-15-23(29)16-14-21)26(33)20-36-25-12-7-6-11-24(25)30/h3-7,9-16,27H,2,8,17-20H2,1H3,(H,31,34). The first kappa shape index (κ1) is 27.5. The van der Waals surface area contributed by atoms with Gasteiger partial charge in [0.1, 0.15) is 11.8 Å². The molecule has 0 aliphatic carbocycles. The maximum Gasteiger partial charge on any atom is 0.261 e. The van der Waals surface area contributed by atoms with Gasteiger partial charge in [-0.3, -0.25) is 9.59 Å². The van der Waals surface area contributed by atoms with Gasteiger partial charge >= 0.3 is 0 Å². The van der Waals surface area contributed by atoms with Crippen LogP contribution in [0.4, 0.5) is 0 Å². The lowest BCUT2D eigenvalue weighted by Crippen LogP contribution is -2.45. The summed E-state index contributed by atoms with van der Waals surface area (Å²) in [4.78, 5) is 28.6. The monoisotopic (exact) mass is 528 g/mol. The van der Waals surface area contributed by atoms with E-state index in [1.807, 2.05) is 49.4 Å². The molecule has 0 radical (unpaired) electrons. The molecule has 0 bridgehead atoms. The second-order valence-corrected chi connectivity index (χ2v) is 8.87. The predicted molar refractivity (Wildman–Crippen MR) is 142 cm³/mol. The molecule has 3 aromatic rings. The highest BCUT2D eigenvalue weighted by atomic mass is 35.5. The zero-order valence-electron chi connectivity index (χ0n) is 20.2. The lowest BCUT2D eigenvalue weighted by Gasteiger charge is -2.31. The van der Waals surface area contributed by atoms with E-state index in [1.54, 1.807) is 36.4 Å². The number of hydrogen-bond acceptors (Lipinski definition) is 4. The molecule has 0 aromatic heterocycles. The Morgan fingerprint density at radius 3 is 2.33 bits per heavy atom. The van der Waals surface area contributed by atoms with Crippen LogP contribution in [0.1, 0.15) is 30.5 Å². The van der Waals surface area contributed by atoms with Crippen LogP contribution in [0.15, 0.2) is 78.9 Å². The second-order valence-electron chi connectivity index (χ2n) is 8.02. The third-order valence-electron chi connectivity index (χ3n) is 5.42. The fraction of sp³-hybridized carbons (Fsp3) is 0.286. The molecule has 0 fully saturated rings. The number of carbonyl (C=O) groups excluding carboxylic acids is 2. The van der Waals surface area contributed by atoms with Gasteiger partial charge in [-0.2, -0.15) is 0 Å². The van der Waals surface area contributed by atoms with Gasteiger partial charge in [-0.05, 0) is 48.7 Å². The molecular weight excluding hydrogens is 499 g/mol. The van der Waals surface area contributed by atoms with Crippen molar-refractivity contribution in [3.8, 4) is 5.75 Å². The third kappa shape index (κ3) is 8.26. The summed E-state index contributed by atoms with van der Waals surface area (Å²) < 4.78 is 11.1. The topological polar surface area (TPSA) is 67.9 Å². The molecule has 3 aromatic carbocycles. The average molecular weight is 529 g/mol. The Balaban J connectivity index is 1.87. The zero-order valence-corrected chi connectivity index (χ0v) is 21.7. The van der Waals surface area contributed by atoms with Gasteiger partial charge in [0, 0.05) is 31.3 Å². The number of nitrogens with zero attached hydrogens (tertiary/aromatic N) is 1. The number of rotatable bonds is 13. The van der Waals surface area contributed by atoms with Crippen molar-refractivity contribution >= 4 is 35.0 Å². The van der Waals surface area contributed by atoms with Crippen molar-refractivity contribution in [1.82, 2.24) is 10.2 Å². The van der Waals surface area contributed by atoms with Crippen molar-refractivity contribution in [2.45, 2.75) is 25.9 Å². The second kappa shape index (κ2) is 14.5. The Labute approximate surface area is 222 Å². The van der Waals surface area contributed by atoms with Crippen LogP contribution in [-0.2, 0) is 20.9 Å². The quantitative estimate of drug-likeness (QED) is 0.289. The summed E-state index contributed by atoms with van der Waals surface area (Å²) in [6.07, 6.45) is 0.668. The van der Waals surface area contributed by atoms with Gasteiger partial charge in [0.2, 0.25) is 5.91 Å². The Hall–Kier alpha value is -3.06. The predicted octanol–water partition coefficient (Wildman–Crippen LogP) is 5.69. The molecular formula is C28H30Cl2N2O4. The van der Waals surface area contributed by atoms with Crippen molar-refractivity contribution in [2.24, 2.45) is 0 Å². The van der Waals surface area contributed by atoms with E-state index in [9.17, 15) is 9.59 Å². The summed E-state index contributed by atoms with van der Waals surface area (Å²) in [5.41, 5.74) is 1.52. The Kier molecular flexibility index (Phi) is 11.1. The molecule has 0 heterocycles. The van der Waals surface area contributed by atoms with E-state index in [0.29, 0.717) is 47.5 Å². The number of amides is 2. The van der Waals surface area contributed by atoms with Crippen LogP contribution in [0, 0.1) is 0 Å². The van der Waals surface area contributed by atoms with Crippen LogP contribution < -0.4 is 10.1 Å². The molecule has 1 atom stereocenters. The SMILES string of the molecule is CCOCCCNC(=O)C(c1ccccc1)N(Cc1ccc(Cl)cc1)C(=O)COc1ccccc1Cl. The van der Waals surface area contributed by atoms with Gasteiger partial charge in [-0.15, -0.1) is 0 Å². The number of nitrogens with one attached hydrogen (secondary N) is 1. The summed E-state index contributed by atoms with van der Waals surface area (Å²) in [6.45, 7) is 3.43. The summed E-state index contributed by atoms with van der Waals surface area (Å²) in [5.74, 6) is -0.239. The van der Waals surface area contributed by atoms with Crippen molar-refractivity contribution in [2.75, 3.05) is 26.4 Å². The van der Waals surface area contributed by atoms with Crippen LogP contribution >= 0.6 is 23.2 Å². The van der Waals surface area contributed by atoms with Gasteiger partial charge < -0.3 is 19.7 Å². The molecule has 6 nitrogen and oxygen atoms in total. The largest absolute Gasteiger partial charge is 0.482 e. The zero-order chi connectivity index (χ0) is 25.8. The van der Waals surface area contributed by atoms with Crippen molar-refractivity contribution < 1.29 is 19.1 Å². The highest BCUT2D eigenvalue weighted by molar-refractivity contribution is 6.32. The van der Waals surface area contributed by atoms with Crippen LogP contribution in [-0.4, -0.2) is 43.1 Å². The summed E-state index contributed by atoms with van der Waals surface area (Å²) in [6, 6.07) is 22.5. The molecule has 0 spiro atoms. The van der Waals surface area contributed by atoms with E-state index in [1.165, 1.54) is 4.90 Å². The van der Waals surface area contributed by atoms with E-state index < -0.39 is 6.04 Å². The van der Waals surface area contributed by atoms with Crippen molar-refractivity contribution in [1.29, 1.82) is 0 Å². The number of benzene rings is 3. The molecule has 8 heteroatoms. The maximum atomic E-state index is 13.6. The maximum absolute atomic E-state index is 13.6. The van der Waals surface area contributed by atoms with E-state index in [0.717, 1.165) is 5.56 Å². The lowest BCUT2D eigenvalue weighted by molar-refractivity contribution is -0.143. The molecule has 36 heavy (non-hydrogen) atoms. The minimum absolute atomic E-state index is 0.188. The normalized spacial score (nSPS) is 11.5. The molecule has 0 aliphatic rings. The molecule has 0 saturated heterocycles. The van der Waals surface area contributed by atoms with Crippen LogP contribution in [0.5, 0.6) is 5.75 Å².